The summed E-state index contributed by atoms with van der Waals surface area (Å²) in [7, 11) is 0. The highest BCUT2D eigenvalue weighted by atomic mass is 16.7. The number of amides is 1. The van der Waals surface area contributed by atoms with Crippen LogP contribution in [0.4, 0.5) is 0 Å². The van der Waals surface area contributed by atoms with E-state index in [0.29, 0.717) is 6.61 Å². The predicted octanol–water partition coefficient (Wildman–Crippen LogP) is -1.64. The Kier molecular flexibility index (Phi) is 5.97. The zero-order chi connectivity index (χ0) is 13.7. The van der Waals surface area contributed by atoms with Crippen LogP contribution >= 0.6 is 0 Å². The minimum atomic E-state index is -1.27. The van der Waals surface area contributed by atoms with Gasteiger partial charge in [-0.3, -0.25) is 4.79 Å². The smallest absolute Gasteiger partial charge is 0.217 e. The fourth-order valence-corrected chi connectivity index (χ4v) is 1.85. The number of carbonyl (C=O) groups excluding carboxylic acids is 1. The van der Waals surface area contributed by atoms with Gasteiger partial charge in [-0.2, -0.15) is 0 Å². The van der Waals surface area contributed by atoms with Crippen molar-refractivity contribution in [2.45, 2.75) is 50.9 Å². The molecule has 1 rings (SSSR count). The number of nitrogens with one attached hydrogen (secondary N) is 1. The van der Waals surface area contributed by atoms with Gasteiger partial charge in [0.05, 0.1) is 6.61 Å². The van der Waals surface area contributed by atoms with Crippen LogP contribution in [-0.4, -0.2) is 65.1 Å². The number of hydrogen-bond donors (Lipinski definition) is 4. The van der Waals surface area contributed by atoms with Crippen molar-refractivity contribution in [1.29, 1.82) is 0 Å². The summed E-state index contributed by atoms with van der Waals surface area (Å²) in [4.78, 5) is 11.1. The highest BCUT2D eigenvalue weighted by Crippen LogP contribution is 2.22. The van der Waals surface area contributed by atoms with Crippen LogP contribution in [0.3, 0.4) is 0 Å². The lowest BCUT2D eigenvalue weighted by Gasteiger charge is -2.42. The van der Waals surface area contributed by atoms with Crippen LogP contribution < -0.4 is 5.32 Å². The zero-order valence-corrected chi connectivity index (χ0v) is 10.6. The summed E-state index contributed by atoms with van der Waals surface area (Å²) < 4.78 is 10.7. The third kappa shape index (κ3) is 3.63. The van der Waals surface area contributed by atoms with E-state index >= 15 is 0 Å². The Morgan fingerprint density at radius 2 is 2.06 bits per heavy atom. The van der Waals surface area contributed by atoms with E-state index in [0.717, 1.165) is 6.42 Å². The largest absolute Gasteiger partial charge is 0.394 e. The molecule has 7 heteroatoms. The van der Waals surface area contributed by atoms with E-state index in [1.165, 1.54) is 6.92 Å². The van der Waals surface area contributed by atoms with Gasteiger partial charge < -0.3 is 30.1 Å². The van der Waals surface area contributed by atoms with E-state index in [2.05, 4.69) is 5.32 Å². The van der Waals surface area contributed by atoms with Crippen molar-refractivity contribution in [3.05, 3.63) is 0 Å². The average molecular weight is 263 g/mol. The van der Waals surface area contributed by atoms with Crippen LogP contribution in [0.5, 0.6) is 0 Å². The van der Waals surface area contributed by atoms with E-state index in [4.69, 9.17) is 14.6 Å². The molecule has 0 aromatic rings. The second kappa shape index (κ2) is 7.01. The highest BCUT2D eigenvalue weighted by molar-refractivity contribution is 5.73. The van der Waals surface area contributed by atoms with Crippen molar-refractivity contribution in [3.8, 4) is 0 Å². The van der Waals surface area contributed by atoms with Gasteiger partial charge in [-0.25, -0.2) is 0 Å². The summed E-state index contributed by atoms with van der Waals surface area (Å²) in [5.41, 5.74) is 0. The van der Waals surface area contributed by atoms with Crippen molar-refractivity contribution >= 4 is 5.91 Å². The number of hydrogen-bond acceptors (Lipinski definition) is 6. The molecule has 0 unspecified atom stereocenters. The van der Waals surface area contributed by atoms with E-state index in [1.807, 2.05) is 6.92 Å². The molecule has 5 atom stereocenters. The van der Waals surface area contributed by atoms with Crippen LogP contribution in [-0.2, 0) is 14.3 Å². The number of aliphatic hydroxyl groups is 3. The predicted molar refractivity (Wildman–Crippen MR) is 61.6 cm³/mol. The number of ether oxygens (including phenoxy) is 2. The lowest BCUT2D eigenvalue weighted by atomic mass is 9.97. The standard InChI is InChI=1S/C11H21NO6/c1-3-4-17-11-8(12-6(2)14)10(16)9(15)7(5-13)18-11/h7-11,13,15-16H,3-5H2,1-2H3,(H,12,14)/t7-,8-,9+,10-,11+/m1/s1. The second-order valence-corrected chi connectivity index (χ2v) is 4.30. The Hall–Kier alpha value is -0.730. The van der Waals surface area contributed by atoms with Gasteiger partial charge in [0.15, 0.2) is 6.29 Å². The molecular formula is C11H21NO6. The molecule has 7 nitrogen and oxygen atoms in total. The Balaban J connectivity index is 2.76. The molecule has 1 heterocycles. The van der Waals surface area contributed by atoms with Crippen molar-refractivity contribution in [2.75, 3.05) is 13.2 Å². The minimum absolute atomic E-state index is 0.359. The van der Waals surface area contributed by atoms with Crippen LogP contribution in [0, 0.1) is 0 Å². The molecule has 18 heavy (non-hydrogen) atoms. The first kappa shape index (κ1) is 15.3. The maximum absolute atomic E-state index is 11.1. The second-order valence-electron chi connectivity index (χ2n) is 4.30. The zero-order valence-electron chi connectivity index (χ0n) is 10.6. The van der Waals surface area contributed by atoms with Gasteiger partial charge in [0.25, 0.3) is 0 Å². The summed E-state index contributed by atoms with van der Waals surface area (Å²) >= 11 is 0. The molecule has 0 aliphatic carbocycles. The van der Waals surface area contributed by atoms with E-state index in [-0.39, 0.29) is 5.91 Å². The third-order valence-electron chi connectivity index (χ3n) is 2.74. The molecule has 0 bridgehead atoms. The van der Waals surface area contributed by atoms with E-state index in [9.17, 15) is 15.0 Å². The lowest BCUT2D eigenvalue weighted by Crippen LogP contribution is -2.64. The van der Waals surface area contributed by atoms with Gasteiger partial charge in [0.2, 0.25) is 5.91 Å². The quantitative estimate of drug-likeness (QED) is 0.473. The first-order valence-corrected chi connectivity index (χ1v) is 6.02. The molecule has 0 spiro atoms. The van der Waals surface area contributed by atoms with Crippen LogP contribution in [0.2, 0.25) is 0 Å². The van der Waals surface area contributed by atoms with Crippen LogP contribution in [0.1, 0.15) is 20.3 Å². The summed E-state index contributed by atoms with van der Waals surface area (Å²) in [6, 6.07) is -0.855. The third-order valence-corrected chi connectivity index (χ3v) is 2.74. The van der Waals surface area contributed by atoms with Crippen molar-refractivity contribution < 1.29 is 29.6 Å². The molecule has 1 amide bonds. The average Bonchev–Trinajstić information content (AvgIpc) is 2.33. The maximum atomic E-state index is 11.1. The molecule has 0 aromatic carbocycles. The van der Waals surface area contributed by atoms with E-state index < -0.39 is 37.3 Å². The summed E-state index contributed by atoms with van der Waals surface area (Å²) in [5.74, 6) is -0.359. The van der Waals surface area contributed by atoms with Crippen LogP contribution in [0.25, 0.3) is 0 Å². The normalized spacial score (nSPS) is 36.4. The van der Waals surface area contributed by atoms with Gasteiger partial charge in [-0.1, -0.05) is 6.92 Å². The topological polar surface area (TPSA) is 108 Å². The van der Waals surface area contributed by atoms with Gasteiger partial charge in [0, 0.05) is 13.5 Å². The molecule has 1 fully saturated rings. The summed E-state index contributed by atoms with van der Waals surface area (Å²) in [5, 5.41) is 31.2. The molecule has 0 aromatic heterocycles. The fraction of sp³-hybridized carbons (Fsp3) is 0.909. The van der Waals surface area contributed by atoms with Crippen molar-refractivity contribution in [2.24, 2.45) is 0 Å². The first-order chi connectivity index (χ1) is 8.51. The maximum Gasteiger partial charge on any atom is 0.217 e. The van der Waals surface area contributed by atoms with Gasteiger partial charge >= 0.3 is 0 Å². The highest BCUT2D eigenvalue weighted by Gasteiger charge is 2.45. The van der Waals surface area contributed by atoms with Gasteiger partial charge in [-0.05, 0) is 6.42 Å². The fourth-order valence-electron chi connectivity index (χ4n) is 1.85. The van der Waals surface area contributed by atoms with Gasteiger partial charge in [-0.15, -0.1) is 0 Å². The molecule has 1 saturated heterocycles. The SMILES string of the molecule is CCCO[C@H]1O[C@H](CO)[C@H](O)[C@H](O)[C@H]1NC(C)=O. The van der Waals surface area contributed by atoms with Crippen LogP contribution in [0.15, 0.2) is 0 Å². The monoisotopic (exact) mass is 263 g/mol. The Labute approximate surface area is 106 Å². The molecule has 0 radical (unpaired) electrons. The molecule has 4 N–H and O–H groups in total. The molecule has 1 aliphatic rings. The number of carbonyl (C=O) groups is 1. The van der Waals surface area contributed by atoms with E-state index in [1.54, 1.807) is 0 Å². The minimum Gasteiger partial charge on any atom is -0.394 e. The van der Waals surface area contributed by atoms with Crippen molar-refractivity contribution in [1.82, 2.24) is 5.32 Å². The number of aliphatic hydroxyl groups excluding tert-OH is 3. The summed E-state index contributed by atoms with van der Waals surface area (Å²) in [6.07, 6.45) is -3.58. The number of rotatable bonds is 5. The molecular weight excluding hydrogens is 242 g/mol. The van der Waals surface area contributed by atoms with Gasteiger partial charge in [0.1, 0.15) is 24.4 Å². The Bertz CT molecular complexity index is 274. The first-order valence-electron chi connectivity index (χ1n) is 6.02. The molecule has 106 valence electrons. The lowest BCUT2D eigenvalue weighted by molar-refractivity contribution is -0.270. The summed E-state index contributed by atoms with van der Waals surface area (Å²) in [6.45, 7) is 3.16. The Morgan fingerprint density at radius 1 is 1.39 bits per heavy atom. The Morgan fingerprint density at radius 3 is 2.56 bits per heavy atom. The molecule has 1 aliphatic heterocycles. The molecule has 0 saturated carbocycles. The van der Waals surface area contributed by atoms with Crippen molar-refractivity contribution in [3.63, 3.8) is 0 Å².